The van der Waals surface area contributed by atoms with E-state index in [-0.39, 0.29) is 0 Å². The number of piperidine rings is 1. The lowest BCUT2D eigenvalue weighted by Gasteiger charge is -2.41. The summed E-state index contributed by atoms with van der Waals surface area (Å²) in [4.78, 5) is 2.76. The van der Waals surface area contributed by atoms with Crippen LogP contribution >= 0.6 is 0 Å². The molecule has 0 spiro atoms. The first-order valence-corrected chi connectivity index (χ1v) is 6.23. The molecule has 0 aromatic heterocycles. The summed E-state index contributed by atoms with van der Waals surface area (Å²) in [5.74, 6) is 0. The van der Waals surface area contributed by atoms with Gasteiger partial charge >= 0.3 is 0 Å². The Kier molecular flexibility index (Phi) is 3.13. The summed E-state index contributed by atoms with van der Waals surface area (Å²) in [5.41, 5.74) is 0. The smallest absolute Gasteiger partial charge is 0.0116 e. The summed E-state index contributed by atoms with van der Waals surface area (Å²) in [5, 5.41) is 3.62. The molecule has 0 radical (unpaired) electrons. The highest BCUT2D eigenvalue weighted by Crippen LogP contribution is 2.36. The zero-order chi connectivity index (χ0) is 10.1. The lowest BCUT2D eigenvalue weighted by Crippen LogP contribution is -2.51. The molecule has 2 aliphatic heterocycles. The Bertz CT molecular complexity index is 177. The van der Waals surface area contributed by atoms with Gasteiger partial charge in [-0.3, -0.25) is 4.90 Å². The van der Waals surface area contributed by atoms with E-state index < -0.39 is 0 Å². The van der Waals surface area contributed by atoms with E-state index in [2.05, 4.69) is 31.0 Å². The van der Waals surface area contributed by atoms with Gasteiger partial charge in [-0.1, -0.05) is 6.92 Å². The molecule has 2 heteroatoms. The average Bonchev–Trinajstić information content (AvgIpc) is 2.39. The molecule has 1 unspecified atom stereocenters. The molecule has 2 saturated heterocycles. The minimum Gasteiger partial charge on any atom is -0.314 e. The van der Waals surface area contributed by atoms with E-state index in [1.165, 1.54) is 25.7 Å². The highest BCUT2D eigenvalue weighted by molar-refractivity contribution is 4.98. The van der Waals surface area contributed by atoms with Crippen molar-refractivity contribution in [3.63, 3.8) is 0 Å². The molecule has 2 nitrogen and oxygen atoms in total. The van der Waals surface area contributed by atoms with Crippen LogP contribution in [-0.4, -0.2) is 35.6 Å². The summed E-state index contributed by atoms with van der Waals surface area (Å²) < 4.78 is 0. The van der Waals surface area contributed by atoms with Crippen molar-refractivity contribution >= 4 is 0 Å². The molecule has 0 aromatic rings. The normalized spacial score (nSPS) is 38.1. The zero-order valence-electron chi connectivity index (χ0n) is 9.79. The van der Waals surface area contributed by atoms with Gasteiger partial charge in [0.15, 0.2) is 0 Å². The van der Waals surface area contributed by atoms with Crippen LogP contribution < -0.4 is 5.32 Å². The van der Waals surface area contributed by atoms with Crippen LogP contribution in [0.5, 0.6) is 0 Å². The summed E-state index contributed by atoms with van der Waals surface area (Å²) >= 11 is 0. The van der Waals surface area contributed by atoms with E-state index in [9.17, 15) is 0 Å². The Morgan fingerprint density at radius 2 is 1.79 bits per heavy atom. The van der Waals surface area contributed by atoms with E-state index in [4.69, 9.17) is 0 Å². The molecule has 14 heavy (non-hydrogen) atoms. The maximum Gasteiger partial charge on any atom is 0.0116 e. The van der Waals surface area contributed by atoms with Crippen molar-refractivity contribution in [3.05, 3.63) is 0 Å². The maximum atomic E-state index is 3.62. The van der Waals surface area contributed by atoms with Crippen molar-refractivity contribution in [1.29, 1.82) is 0 Å². The Balaban J connectivity index is 1.97. The van der Waals surface area contributed by atoms with Crippen molar-refractivity contribution in [2.24, 2.45) is 0 Å². The molecule has 2 heterocycles. The molecule has 2 bridgehead atoms. The average molecular weight is 196 g/mol. The van der Waals surface area contributed by atoms with Crippen LogP contribution in [0.2, 0.25) is 0 Å². The quantitative estimate of drug-likeness (QED) is 0.742. The largest absolute Gasteiger partial charge is 0.314 e. The second kappa shape index (κ2) is 4.19. The molecule has 0 saturated carbocycles. The van der Waals surface area contributed by atoms with Crippen molar-refractivity contribution < 1.29 is 0 Å². The topological polar surface area (TPSA) is 15.3 Å². The van der Waals surface area contributed by atoms with E-state index in [1.54, 1.807) is 0 Å². The van der Waals surface area contributed by atoms with Gasteiger partial charge in [0.2, 0.25) is 0 Å². The third-order valence-electron chi connectivity index (χ3n) is 3.88. The van der Waals surface area contributed by atoms with Crippen LogP contribution in [-0.2, 0) is 0 Å². The molecular formula is C12H24N2. The first-order chi connectivity index (χ1) is 6.72. The fourth-order valence-corrected chi connectivity index (χ4v) is 3.51. The second-order valence-corrected chi connectivity index (χ2v) is 5.15. The van der Waals surface area contributed by atoms with E-state index in [0.29, 0.717) is 0 Å². The lowest BCUT2D eigenvalue weighted by atomic mass is 9.96. The lowest BCUT2D eigenvalue weighted by molar-refractivity contribution is 0.0855. The number of nitrogens with zero attached hydrogens (tertiary/aromatic N) is 1. The van der Waals surface area contributed by atoms with Crippen LogP contribution in [0.4, 0.5) is 0 Å². The minimum atomic E-state index is 0.745. The SMILES string of the molecule is CCNC1C[C@H]2CC[C@@H](C1)N2C(C)C. The Labute approximate surface area is 88.1 Å². The number of fused-ring (bicyclic) bond motifs is 2. The van der Waals surface area contributed by atoms with Gasteiger partial charge in [0.1, 0.15) is 0 Å². The monoisotopic (exact) mass is 196 g/mol. The van der Waals surface area contributed by atoms with Gasteiger partial charge in [-0.2, -0.15) is 0 Å². The van der Waals surface area contributed by atoms with E-state index in [1.807, 2.05) is 0 Å². The van der Waals surface area contributed by atoms with Crippen LogP contribution in [0.3, 0.4) is 0 Å². The van der Waals surface area contributed by atoms with Gasteiger partial charge in [0.05, 0.1) is 0 Å². The molecular weight excluding hydrogens is 172 g/mol. The van der Waals surface area contributed by atoms with Crippen molar-refractivity contribution in [1.82, 2.24) is 10.2 Å². The molecule has 0 aromatic carbocycles. The fourth-order valence-electron chi connectivity index (χ4n) is 3.51. The number of rotatable bonds is 3. The van der Waals surface area contributed by atoms with Crippen LogP contribution in [0.1, 0.15) is 46.5 Å². The molecule has 2 aliphatic rings. The summed E-state index contributed by atoms with van der Waals surface area (Å²) in [6.07, 6.45) is 5.63. The molecule has 2 rings (SSSR count). The third kappa shape index (κ3) is 1.82. The summed E-state index contributed by atoms with van der Waals surface area (Å²) in [6.45, 7) is 8.04. The fraction of sp³-hybridized carbons (Fsp3) is 1.00. The second-order valence-electron chi connectivity index (χ2n) is 5.15. The van der Waals surface area contributed by atoms with Crippen LogP contribution in [0, 0.1) is 0 Å². The van der Waals surface area contributed by atoms with Crippen molar-refractivity contribution in [2.45, 2.75) is 70.6 Å². The highest BCUT2D eigenvalue weighted by Gasteiger charge is 2.41. The summed E-state index contributed by atoms with van der Waals surface area (Å²) in [7, 11) is 0. The van der Waals surface area contributed by atoms with Crippen LogP contribution in [0.15, 0.2) is 0 Å². The first-order valence-electron chi connectivity index (χ1n) is 6.23. The van der Waals surface area contributed by atoms with Gasteiger partial charge in [-0.05, 0) is 46.1 Å². The first kappa shape index (κ1) is 10.4. The molecule has 1 N–H and O–H groups in total. The van der Waals surface area contributed by atoms with E-state index in [0.717, 1.165) is 30.7 Å². The number of hydrogen-bond donors (Lipinski definition) is 1. The Hall–Kier alpha value is -0.0800. The number of nitrogens with one attached hydrogen (secondary N) is 1. The summed E-state index contributed by atoms with van der Waals surface area (Å²) in [6, 6.07) is 3.29. The van der Waals surface area contributed by atoms with Gasteiger partial charge in [0.25, 0.3) is 0 Å². The van der Waals surface area contributed by atoms with E-state index >= 15 is 0 Å². The van der Waals surface area contributed by atoms with Gasteiger partial charge in [-0.25, -0.2) is 0 Å². The molecule has 3 atom stereocenters. The maximum absolute atomic E-state index is 3.62. The Morgan fingerprint density at radius 1 is 1.21 bits per heavy atom. The zero-order valence-corrected chi connectivity index (χ0v) is 9.79. The van der Waals surface area contributed by atoms with Crippen molar-refractivity contribution in [3.8, 4) is 0 Å². The number of hydrogen-bond acceptors (Lipinski definition) is 2. The predicted octanol–water partition coefficient (Wildman–Crippen LogP) is 2.00. The highest BCUT2D eigenvalue weighted by atomic mass is 15.2. The minimum absolute atomic E-state index is 0.745. The van der Waals surface area contributed by atoms with Crippen molar-refractivity contribution in [2.75, 3.05) is 6.54 Å². The molecule has 0 aliphatic carbocycles. The molecule has 2 fully saturated rings. The van der Waals surface area contributed by atoms with Gasteiger partial charge < -0.3 is 5.32 Å². The molecule has 82 valence electrons. The molecule has 0 amide bonds. The van der Waals surface area contributed by atoms with Gasteiger partial charge in [0, 0.05) is 24.2 Å². The van der Waals surface area contributed by atoms with Gasteiger partial charge in [-0.15, -0.1) is 0 Å². The predicted molar refractivity (Wildman–Crippen MR) is 60.5 cm³/mol. The standard InChI is InChI=1S/C12H24N2/c1-4-13-10-7-11-5-6-12(8-10)14(11)9(2)3/h9-13H,4-8H2,1-3H3/t10?,11-,12+. The third-order valence-corrected chi connectivity index (χ3v) is 3.88. The Morgan fingerprint density at radius 3 is 2.21 bits per heavy atom. The van der Waals surface area contributed by atoms with Crippen LogP contribution in [0.25, 0.3) is 0 Å².